The summed E-state index contributed by atoms with van der Waals surface area (Å²) in [6.07, 6.45) is -1.73. The van der Waals surface area contributed by atoms with Gasteiger partial charge in [-0.3, -0.25) is 0 Å². The molecule has 1 aliphatic rings. The number of nitrogens with zero attached hydrogens (tertiary/aromatic N) is 1. The lowest BCUT2D eigenvalue weighted by atomic mass is 9.97. The lowest BCUT2D eigenvalue weighted by Gasteiger charge is -2.45. The van der Waals surface area contributed by atoms with Crippen molar-refractivity contribution in [2.45, 2.75) is 57.1 Å². The third kappa shape index (κ3) is 8.45. The molecule has 0 amide bonds. The van der Waals surface area contributed by atoms with Gasteiger partial charge in [-0.25, -0.2) is 4.79 Å². The van der Waals surface area contributed by atoms with Crippen LogP contribution in [0.5, 0.6) is 0 Å². The van der Waals surface area contributed by atoms with Crippen molar-refractivity contribution in [2.75, 3.05) is 6.61 Å². The highest BCUT2D eigenvalue weighted by Crippen LogP contribution is 2.35. The van der Waals surface area contributed by atoms with Crippen molar-refractivity contribution in [3.63, 3.8) is 0 Å². The SMILES string of the molecule is O=c1ccn([C@@H]2O[C@H](COCc3ccccc3)[C@@H](OCc3ccccc3)[C@H](OCc3ccccc3)[C@H]2OCc2ccccc2)o1. The van der Waals surface area contributed by atoms with E-state index in [1.54, 1.807) is 6.20 Å². The predicted octanol–water partition coefficient (Wildman–Crippen LogP) is 6.31. The monoisotopic (exact) mass is 607 g/mol. The van der Waals surface area contributed by atoms with Crippen LogP contribution in [-0.2, 0) is 50.1 Å². The van der Waals surface area contributed by atoms with Crippen LogP contribution in [0.3, 0.4) is 0 Å². The molecular formula is C37H37NO7. The van der Waals surface area contributed by atoms with Crippen LogP contribution in [0.25, 0.3) is 0 Å². The standard InChI is InChI=1S/C37H37NO7/c39-33-21-22-38(45-33)37-36(43-26-31-19-11-4-12-20-31)35(42-25-30-17-9-3-10-18-30)34(41-24-29-15-7-2-8-16-29)32(44-37)27-40-23-28-13-5-1-6-14-28/h1-22,32,34-37H,23-27H2/t32-,34-,35+,36-,37-/m1/s1. The molecule has 6 rings (SSSR count). The molecule has 4 aromatic carbocycles. The molecule has 8 nitrogen and oxygen atoms in total. The van der Waals surface area contributed by atoms with E-state index in [1.807, 2.05) is 121 Å². The molecule has 0 saturated carbocycles. The van der Waals surface area contributed by atoms with Crippen LogP contribution in [0, 0.1) is 0 Å². The first-order valence-corrected chi connectivity index (χ1v) is 15.1. The summed E-state index contributed by atoms with van der Waals surface area (Å²) in [4.78, 5) is 12.2. The Morgan fingerprint density at radius 1 is 0.533 bits per heavy atom. The Morgan fingerprint density at radius 3 is 1.44 bits per heavy atom. The zero-order chi connectivity index (χ0) is 30.7. The van der Waals surface area contributed by atoms with E-state index in [4.69, 9.17) is 28.2 Å². The highest BCUT2D eigenvalue weighted by atomic mass is 16.7. The highest BCUT2D eigenvalue weighted by molar-refractivity contribution is 5.16. The summed E-state index contributed by atoms with van der Waals surface area (Å²) in [5.74, 6) is 0. The molecular weight excluding hydrogens is 570 g/mol. The zero-order valence-corrected chi connectivity index (χ0v) is 24.9. The summed E-state index contributed by atoms with van der Waals surface area (Å²) in [5, 5.41) is 0. The maximum atomic E-state index is 12.2. The van der Waals surface area contributed by atoms with Crippen molar-refractivity contribution in [1.82, 2.24) is 4.74 Å². The lowest BCUT2D eigenvalue weighted by molar-refractivity contribution is -0.299. The van der Waals surface area contributed by atoms with Gasteiger partial charge in [-0.1, -0.05) is 121 Å². The summed E-state index contributed by atoms with van der Waals surface area (Å²) >= 11 is 0. The number of hydrogen-bond acceptors (Lipinski definition) is 7. The van der Waals surface area contributed by atoms with Crippen molar-refractivity contribution in [3.05, 3.63) is 166 Å². The first-order valence-electron chi connectivity index (χ1n) is 15.1. The summed E-state index contributed by atoms with van der Waals surface area (Å²) in [6.45, 7) is 1.57. The van der Waals surface area contributed by atoms with Gasteiger partial charge >= 0.3 is 5.63 Å². The Bertz CT molecular complexity index is 1610. The molecule has 0 spiro atoms. The fourth-order valence-corrected chi connectivity index (χ4v) is 5.41. The largest absolute Gasteiger partial charge is 0.374 e. The molecule has 1 saturated heterocycles. The Balaban J connectivity index is 1.32. The summed E-state index contributed by atoms with van der Waals surface area (Å²) in [6, 6.07) is 41.1. The van der Waals surface area contributed by atoms with Crippen LogP contribution in [0.15, 0.2) is 143 Å². The summed E-state index contributed by atoms with van der Waals surface area (Å²) in [7, 11) is 0. The minimum atomic E-state index is -0.820. The third-order valence-corrected chi connectivity index (χ3v) is 7.66. The predicted molar refractivity (Wildman–Crippen MR) is 168 cm³/mol. The number of benzene rings is 4. The van der Waals surface area contributed by atoms with Crippen LogP contribution >= 0.6 is 0 Å². The van der Waals surface area contributed by atoms with Gasteiger partial charge in [0, 0.05) is 12.3 Å². The molecule has 8 heteroatoms. The minimum Gasteiger partial charge on any atom is -0.374 e. The van der Waals surface area contributed by atoms with Crippen molar-refractivity contribution < 1.29 is 28.2 Å². The van der Waals surface area contributed by atoms with Gasteiger partial charge in [0.25, 0.3) is 0 Å². The molecule has 0 radical (unpaired) electrons. The molecule has 1 aliphatic heterocycles. The number of rotatable bonds is 14. The van der Waals surface area contributed by atoms with E-state index < -0.39 is 36.3 Å². The summed E-state index contributed by atoms with van der Waals surface area (Å²) in [5.41, 5.74) is 3.57. The van der Waals surface area contributed by atoms with Gasteiger partial charge in [-0.2, -0.15) is 4.74 Å². The minimum absolute atomic E-state index is 0.215. The molecule has 0 bridgehead atoms. The van der Waals surface area contributed by atoms with Crippen LogP contribution in [0.1, 0.15) is 28.5 Å². The van der Waals surface area contributed by atoms with Crippen LogP contribution in [0.4, 0.5) is 0 Å². The van der Waals surface area contributed by atoms with Crippen LogP contribution < -0.4 is 5.63 Å². The Kier molecular flexibility index (Phi) is 10.7. The van der Waals surface area contributed by atoms with Gasteiger partial charge in [0.15, 0.2) is 6.23 Å². The molecule has 5 aromatic rings. The van der Waals surface area contributed by atoms with E-state index in [-0.39, 0.29) is 6.61 Å². The fourth-order valence-electron chi connectivity index (χ4n) is 5.41. The second-order valence-electron chi connectivity index (χ2n) is 10.9. The second kappa shape index (κ2) is 15.6. The number of hydrogen-bond donors (Lipinski definition) is 0. The molecule has 0 aliphatic carbocycles. The van der Waals surface area contributed by atoms with E-state index in [0.29, 0.717) is 26.4 Å². The van der Waals surface area contributed by atoms with E-state index in [9.17, 15) is 4.79 Å². The Hall–Kier alpha value is -4.31. The fraction of sp³-hybridized carbons (Fsp3) is 0.270. The quantitative estimate of drug-likeness (QED) is 0.146. The number of ether oxygens (including phenoxy) is 5. The summed E-state index contributed by atoms with van der Waals surface area (Å²) < 4.78 is 39.8. The average Bonchev–Trinajstić information content (AvgIpc) is 3.53. The molecule has 232 valence electrons. The molecule has 2 heterocycles. The zero-order valence-electron chi connectivity index (χ0n) is 24.9. The smallest absolute Gasteiger partial charge is 0.357 e. The van der Waals surface area contributed by atoms with Crippen molar-refractivity contribution in [1.29, 1.82) is 0 Å². The molecule has 1 aromatic heterocycles. The molecule has 45 heavy (non-hydrogen) atoms. The maximum absolute atomic E-state index is 12.2. The first kappa shape index (κ1) is 30.7. The van der Waals surface area contributed by atoms with Crippen molar-refractivity contribution in [2.24, 2.45) is 0 Å². The van der Waals surface area contributed by atoms with E-state index in [2.05, 4.69) is 0 Å². The van der Waals surface area contributed by atoms with Crippen molar-refractivity contribution >= 4 is 0 Å². The van der Waals surface area contributed by atoms with E-state index in [0.717, 1.165) is 22.3 Å². The van der Waals surface area contributed by atoms with Crippen LogP contribution in [0.2, 0.25) is 0 Å². The van der Waals surface area contributed by atoms with Gasteiger partial charge in [-0.05, 0) is 22.3 Å². The Morgan fingerprint density at radius 2 is 0.978 bits per heavy atom. The highest BCUT2D eigenvalue weighted by Gasteiger charge is 2.50. The molecule has 0 N–H and O–H groups in total. The first-order chi connectivity index (χ1) is 22.2. The van der Waals surface area contributed by atoms with Gasteiger partial charge < -0.3 is 28.2 Å². The molecule has 0 unspecified atom stereocenters. The van der Waals surface area contributed by atoms with Gasteiger partial charge in [0.1, 0.15) is 24.4 Å². The average molecular weight is 608 g/mol. The second-order valence-corrected chi connectivity index (χ2v) is 10.9. The van der Waals surface area contributed by atoms with Crippen LogP contribution in [-0.4, -0.2) is 35.8 Å². The van der Waals surface area contributed by atoms with Gasteiger partial charge in [0.2, 0.25) is 0 Å². The topological polar surface area (TPSA) is 81.3 Å². The molecule has 1 fully saturated rings. The normalized spacial score (nSPS) is 21.5. The molecule has 5 atom stereocenters. The van der Waals surface area contributed by atoms with E-state index >= 15 is 0 Å². The third-order valence-electron chi connectivity index (χ3n) is 7.66. The lowest BCUT2D eigenvalue weighted by Crippen LogP contribution is -2.59. The van der Waals surface area contributed by atoms with Gasteiger partial charge in [0.05, 0.1) is 33.0 Å². The number of aromatic nitrogens is 1. The van der Waals surface area contributed by atoms with Gasteiger partial charge in [-0.15, -0.1) is 0 Å². The van der Waals surface area contributed by atoms with E-state index in [1.165, 1.54) is 10.8 Å². The Labute approximate surface area is 262 Å². The maximum Gasteiger partial charge on any atom is 0.357 e. The van der Waals surface area contributed by atoms with Crippen molar-refractivity contribution in [3.8, 4) is 0 Å².